The third kappa shape index (κ3) is 32.6. The van der Waals surface area contributed by atoms with Gasteiger partial charge in [0, 0.05) is 27.7 Å². The molecule has 0 aromatic carbocycles. The Balaban J connectivity index is 0.000000583. The maximum absolute atomic E-state index is 12.5. The molecule has 0 N–H and O–H groups in total. The molecule has 582 valence electrons. The third-order valence-electron chi connectivity index (χ3n) is 23.2. The highest BCUT2D eigenvalue weighted by atomic mass is 32.2. The quantitative estimate of drug-likeness (QED) is 0.226. The van der Waals surface area contributed by atoms with Gasteiger partial charge in [0.1, 0.15) is 0 Å². The average Bonchev–Trinajstić information content (AvgIpc) is 1.79. The maximum Gasteiger partial charge on any atom is 0.153 e. The van der Waals surface area contributed by atoms with Crippen LogP contribution in [0.5, 0.6) is 0 Å². The van der Waals surface area contributed by atoms with Crippen molar-refractivity contribution < 1.29 is 47.4 Å². The normalized spacial score (nSPS) is 31.4. The Morgan fingerprint density at radius 2 is 0.660 bits per heavy atom. The first kappa shape index (κ1) is 94.9. The summed E-state index contributed by atoms with van der Waals surface area (Å²) in [6, 6.07) is 0. The number of ether oxygens (including phenoxy) is 2. The summed E-state index contributed by atoms with van der Waals surface area (Å²) in [5.74, 6) is 5.89. The van der Waals surface area contributed by atoms with Crippen molar-refractivity contribution in [1.29, 1.82) is 0 Å². The molecule has 6 rings (SSSR count). The van der Waals surface area contributed by atoms with E-state index in [1.807, 2.05) is 41.5 Å². The van der Waals surface area contributed by atoms with Gasteiger partial charge in [0.05, 0.1) is 70.4 Å². The lowest BCUT2D eigenvalue weighted by atomic mass is 9.73. The van der Waals surface area contributed by atoms with E-state index in [1.54, 1.807) is 0 Å². The Morgan fingerprint density at radius 3 is 1.02 bits per heavy atom. The minimum Gasteiger partial charge on any atom is -0.378 e. The van der Waals surface area contributed by atoms with Crippen LogP contribution in [0, 0.1) is 106 Å². The molecule has 16 heteroatoms. The minimum absolute atomic E-state index is 0.0971. The number of sulfone groups is 4. The van der Waals surface area contributed by atoms with Crippen molar-refractivity contribution in [3.05, 3.63) is 0 Å². The van der Waals surface area contributed by atoms with Gasteiger partial charge in [0.25, 0.3) is 0 Å². The van der Waals surface area contributed by atoms with Gasteiger partial charge in [0.2, 0.25) is 0 Å². The number of hydrogen-bond acceptors (Lipinski definition) is 11. The van der Waals surface area contributed by atoms with Gasteiger partial charge in [-0.15, -0.1) is 0 Å². The van der Waals surface area contributed by atoms with Crippen LogP contribution >= 0.6 is 0 Å². The highest BCUT2D eigenvalue weighted by Gasteiger charge is 2.47. The molecule has 0 spiro atoms. The van der Waals surface area contributed by atoms with Crippen molar-refractivity contribution in [3.63, 3.8) is 0 Å². The van der Waals surface area contributed by atoms with Gasteiger partial charge in [-0.1, -0.05) is 256 Å². The van der Waals surface area contributed by atoms with Gasteiger partial charge in [0.15, 0.2) is 39.3 Å². The molecule has 6 aliphatic rings. The molecule has 0 aliphatic carbocycles. The first-order valence-corrected chi connectivity index (χ1v) is 46.3. The van der Waals surface area contributed by atoms with Gasteiger partial charge in [-0.25, -0.2) is 33.7 Å². The van der Waals surface area contributed by atoms with E-state index in [1.165, 1.54) is 0 Å². The Bertz CT molecular complexity index is 2770. The molecule has 97 heavy (non-hydrogen) atoms. The lowest BCUT2D eigenvalue weighted by Gasteiger charge is -2.36. The molecular formula is C81H162O11S5. The Hall–Kier alpha value is -0.130. The van der Waals surface area contributed by atoms with E-state index in [9.17, 15) is 37.9 Å². The summed E-state index contributed by atoms with van der Waals surface area (Å²) in [5, 5.41) is -0.113. The highest BCUT2D eigenvalue weighted by Crippen LogP contribution is 2.47. The summed E-state index contributed by atoms with van der Waals surface area (Å²) in [7, 11) is -12.3. The molecule has 0 amide bonds. The van der Waals surface area contributed by atoms with Gasteiger partial charge in [-0.2, -0.15) is 0 Å². The molecule has 0 aromatic heterocycles. The van der Waals surface area contributed by atoms with Crippen LogP contribution in [-0.4, -0.2) is 119 Å². The molecule has 6 saturated heterocycles. The molecule has 0 radical (unpaired) electrons. The smallest absolute Gasteiger partial charge is 0.153 e. The molecule has 11 nitrogen and oxygen atoms in total. The monoisotopic (exact) mass is 1470 g/mol. The molecule has 13 unspecified atom stereocenters. The molecule has 6 fully saturated rings. The highest BCUT2D eigenvalue weighted by molar-refractivity contribution is 7.92. The topological polar surface area (TPSA) is 172 Å². The van der Waals surface area contributed by atoms with Crippen molar-refractivity contribution in [2.45, 2.75) is 353 Å². The summed E-state index contributed by atoms with van der Waals surface area (Å²) in [4.78, 5) is 0. The predicted octanol–water partition coefficient (Wildman–Crippen LogP) is 20.8. The van der Waals surface area contributed by atoms with Crippen LogP contribution in [0.1, 0.15) is 326 Å². The molecule has 0 saturated carbocycles. The molecule has 6 aliphatic heterocycles. The fourth-order valence-corrected chi connectivity index (χ4v) is 28.2. The van der Waals surface area contributed by atoms with E-state index in [0.29, 0.717) is 80.9 Å². The standard InChI is InChI=1S/4C14H28O2S.C13H26O2.C12H24OS/c1-13(2,3)11-7-8-12(14(4,5)6)10-17(15,16)9-11;1-13(2,3)11-7-8-12(14(4,5)6)17(15,16)10-9-11;1-13(2,3)11-8-7-9-17(15,16)12(10-11)14(4,5)6;1-13(2,3)11-8-7-9-12(14(4,5)6)17(15,16)10-11;1-12(2,3)10-7-14-9-11(15-8-10)13(4,5)6;1-11(2,3)9-7-10(12(4,5)6)14(13)8-9/h4*11-12H,7-10H2,1-6H3;10-11H,7-9H2,1-6H3;9-10H,7-8H2,1-6H3. The second-order valence-electron chi connectivity index (χ2n) is 44.3. The van der Waals surface area contributed by atoms with Gasteiger partial charge in [-0.3, -0.25) is 4.21 Å². The molecule has 0 bridgehead atoms. The van der Waals surface area contributed by atoms with Crippen molar-refractivity contribution in [3.8, 4) is 0 Å². The number of rotatable bonds is 0. The second-order valence-corrected chi connectivity index (χ2v) is 54.9. The predicted molar refractivity (Wildman–Crippen MR) is 422 cm³/mol. The van der Waals surface area contributed by atoms with Crippen LogP contribution in [0.15, 0.2) is 0 Å². The summed E-state index contributed by atoms with van der Waals surface area (Å²) < 4.78 is 122. The first-order valence-electron chi connectivity index (χ1n) is 38.0. The Kier molecular flexibility index (Phi) is 33.9. The van der Waals surface area contributed by atoms with Crippen LogP contribution in [0.4, 0.5) is 0 Å². The van der Waals surface area contributed by atoms with E-state index in [-0.39, 0.29) is 81.4 Å². The van der Waals surface area contributed by atoms with E-state index in [0.717, 1.165) is 103 Å². The lowest BCUT2D eigenvalue weighted by Crippen LogP contribution is -2.37. The summed E-state index contributed by atoms with van der Waals surface area (Å²) in [6.45, 7) is 80.4. The fraction of sp³-hybridized carbons (Fsp3) is 1.00. The summed E-state index contributed by atoms with van der Waals surface area (Å²) in [6.07, 6.45) is 11.8. The van der Waals surface area contributed by atoms with E-state index >= 15 is 0 Å². The van der Waals surface area contributed by atoms with Crippen LogP contribution in [0.25, 0.3) is 0 Å². The minimum atomic E-state index is -2.95. The first-order chi connectivity index (χ1) is 42.6. The van der Waals surface area contributed by atoms with Gasteiger partial charge >= 0.3 is 0 Å². The zero-order valence-corrected chi connectivity index (χ0v) is 74.4. The average molecular weight is 1470 g/mol. The summed E-state index contributed by atoms with van der Waals surface area (Å²) >= 11 is 0. The SMILES string of the molecule is CC(C)(C)C1CC(C(C)(C)C)S(=O)C1.CC(C)(C)C1CCC(C(C)(C)C)CS(=O)(=O)C1.CC(C)(C)C1CCC(C(C)(C)C)S(=O)(=O)CC1.CC(C)(C)C1CCCC(C(C)(C)C)S(=O)(=O)C1.CC(C)(C)C1CCCS(=O)(=O)C(C(C)(C)C)C1.CC(C)(C)C1COCC(C(C)(C)C)OC1. The van der Waals surface area contributed by atoms with Crippen molar-refractivity contribution in [2.24, 2.45) is 106 Å². The van der Waals surface area contributed by atoms with Crippen molar-refractivity contribution in [1.82, 2.24) is 0 Å². The second kappa shape index (κ2) is 34.6. The summed E-state index contributed by atoms with van der Waals surface area (Å²) in [5.41, 5.74) is 1.27. The molecular weight excluding hydrogens is 1310 g/mol. The maximum atomic E-state index is 12.5. The largest absolute Gasteiger partial charge is 0.378 e. The van der Waals surface area contributed by atoms with Gasteiger partial charge < -0.3 is 9.47 Å². The zero-order chi connectivity index (χ0) is 76.8. The Labute approximate surface area is 607 Å². The van der Waals surface area contributed by atoms with Crippen LogP contribution < -0.4 is 0 Å². The van der Waals surface area contributed by atoms with Crippen molar-refractivity contribution >= 4 is 50.1 Å². The number of hydrogen-bond donors (Lipinski definition) is 0. The molecule has 13 atom stereocenters. The lowest BCUT2D eigenvalue weighted by molar-refractivity contribution is -0.0437. The van der Waals surface area contributed by atoms with Gasteiger partial charge in [-0.05, 0) is 171 Å². The van der Waals surface area contributed by atoms with Crippen LogP contribution in [0.3, 0.4) is 0 Å². The third-order valence-corrected chi connectivity index (χ3v) is 35.2. The van der Waals surface area contributed by atoms with E-state index in [2.05, 4.69) is 208 Å². The zero-order valence-electron chi connectivity index (χ0n) is 70.3. The van der Waals surface area contributed by atoms with Crippen LogP contribution in [0.2, 0.25) is 0 Å². The van der Waals surface area contributed by atoms with E-state index in [4.69, 9.17) is 9.47 Å². The Morgan fingerprint density at radius 1 is 0.289 bits per heavy atom. The van der Waals surface area contributed by atoms with E-state index < -0.39 is 50.1 Å². The fourth-order valence-electron chi connectivity index (χ4n) is 15.1. The van der Waals surface area contributed by atoms with Crippen molar-refractivity contribution in [2.75, 3.05) is 54.3 Å². The van der Waals surface area contributed by atoms with Crippen LogP contribution in [-0.2, 0) is 59.6 Å². The molecule has 6 heterocycles. The molecule has 0 aromatic rings.